The summed E-state index contributed by atoms with van der Waals surface area (Å²) < 4.78 is 8.33. The van der Waals surface area contributed by atoms with Crippen LogP contribution in [-0.4, -0.2) is 35.6 Å². The van der Waals surface area contributed by atoms with E-state index >= 15 is 0 Å². The van der Waals surface area contributed by atoms with Crippen molar-refractivity contribution in [2.24, 2.45) is 5.92 Å². The van der Waals surface area contributed by atoms with Gasteiger partial charge < -0.3 is 10.1 Å². The molecule has 1 fully saturated rings. The average molecular weight is 288 g/mol. The zero-order chi connectivity index (χ0) is 11.4. The van der Waals surface area contributed by atoms with Gasteiger partial charge in [-0.15, -0.1) is 0 Å². The van der Waals surface area contributed by atoms with Gasteiger partial charge in [-0.05, 0) is 35.2 Å². The Hall–Kier alpha value is -0.390. The van der Waals surface area contributed by atoms with Crippen molar-refractivity contribution in [1.29, 1.82) is 0 Å². The van der Waals surface area contributed by atoms with E-state index in [1.165, 1.54) is 6.42 Å². The van der Waals surface area contributed by atoms with Crippen molar-refractivity contribution >= 4 is 15.9 Å². The summed E-state index contributed by atoms with van der Waals surface area (Å²) >= 11 is 3.39. The molecule has 0 aromatic carbocycles. The summed E-state index contributed by atoms with van der Waals surface area (Å²) in [7, 11) is 0. The molecule has 0 saturated carbocycles. The highest BCUT2D eigenvalue weighted by Crippen LogP contribution is 2.11. The highest BCUT2D eigenvalue weighted by atomic mass is 79.9. The number of halogens is 1. The molecule has 1 aliphatic rings. The van der Waals surface area contributed by atoms with Crippen LogP contribution in [0.1, 0.15) is 13.3 Å². The summed E-state index contributed by atoms with van der Waals surface area (Å²) in [6.07, 6.45) is 5.00. The molecule has 1 saturated heterocycles. The predicted octanol–water partition coefficient (Wildman–Crippen LogP) is 1.66. The monoisotopic (exact) mass is 287 g/mol. The minimum Gasteiger partial charge on any atom is -0.381 e. The molecular weight excluding hydrogens is 270 g/mol. The molecule has 2 rings (SSSR count). The molecule has 0 amide bonds. The summed E-state index contributed by atoms with van der Waals surface area (Å²) in [5.41, 5.74) is 0. The molecule has 2 unspecified atom stereocenters. The molecular formula is C11H18BrN3O. The third kappa shape index (κ3) is 3.57. The van der Waals surface area contributed by atoms with Crippen LogP contribution in [0, 0.1) is 5.92 Å². The van der Waals surface area contributed by atoms with Gasteiger partial charge in [0.05, 0.1) is 23.8 Å². The van der Waals surface area contributed by atoms with E-state index in [4.69, 9.17) is 4.74 Å². The first-order valence-electron chi connectivity index (χ1n) is 5.73. The van der Waals surface area contributed by atoms with E-state index in [-0.39, 0.29) is 0 Å². The van der Waals surface area contributed by atoms with Crippen molar-refractivity contribution in [3.8, 4) is 0 Å². The van der Waals surface area contributed by atoms with Gasteiger partial charge in [0, 0.05) is 25.4 Å². The summed E-state index contributed by atoms with van der Waals surface area (Å²) in [4.78, 5) is 0. The van der Waals surface area contributed by atoms with Crippen LogP contribution in [0.15, 0.2) is 16.9 Å². The lowest BCUT2D eigenvalue weighted by molar-refractivity contribution is 0.184. The summed E-state index contributed by atoms with van der Waals surface area (Å²) in [5.74, 6) is 0.687. The Morgan fingerprint density at radius 2 is 2.62 bits per heavy atom. The predicted molar refractivity (Wildman–Crippen MR) is 66.3 cm³/mol. The fraction of sp³-hybridized carbons (Fsp3) is 0.727. The molecule has 5 heteroatoms. The summed E-state index contributed by atoms with van der Waals surface area (Å²) in [6, 6.07) is 0.437. The molecule has 1 aromatic heterocycles. The Morgan fingerprint density at radius 3 is 3.25 bits per heavy atom. The third-order valence-electron chi connectivity index (χ3n) is 2.84. The zero-order valence-corrected chi connectivity index (χ0v) is 11.1. The van der Waals surface area contributed by atoms with E-state index in [1.807, 2.05) is 17.1 Å². The van der Waals surface area contributed by atoms with Crippen molar-refractivity contribution in [1.82, 2.24) is 15.1 Å². The number of hydrogen-bond acceptors (Lipinski definition) is 3. The lowest BCUT2D eigenvalue weighted by atomic mass is 10.1. The Bertz CT molecular complexity index is 323. The lowest BCUT2D eigenvalue weighted by Gasteiger charge is -2.16. The molecule has 2 heterocycles. The van der Waals surface area contributed by atoms with Gasteiger partial charge in [0.1, 0.15) is 0 Å². The Labute approximate surface area is 104 Å². The minimum atomic E-state index is 0.437. The highest BCUT2D eigenvalue weighted by Gasteiger charge is 2.16. The number of nitrogens with zero attached hydrogens (tertiary/aromatic N) is 2. The number of aromatic nitrogens is 2. The van der Waals surface area contributed by atoms with E-state index in [0.29, 0.717) is 12.0 Å². The second-order valence-electron chi connectivity index (χ2n) is 4.42. The Kier molecular flexibility index (Phi) is 4.37. The van der Waals surface area contributed by atoms with Crippen LogP contribution in [0.4, 0.5) is 0 Å². The molecule has 2 atom stereocenters. The zero-order valence-electron chi connectivity index (χ0n) is 9.53. The maximum absolute atomic E-state index is 5.35. The minimum absolute atomic E-state index is 0.437. The van der Waals surface area contributed by atoms with Crippen LogP contribution < -0.4 is 5.32 Å². The quantitative estimate of drug-likeness (QED) is 0.895. The van der Waals surface area contributed by atoms with Gasteiger partial charge in [-0.1, -0.05) is 0 Å². The normalized spacial score (nSPS) is 22.5. The van der Waals surface area contributed by atoms with Crippen LogP contribution in [0.3, 0.4) is 0 Å². The molecule has 90 valence electrons. The topological polar surface area (TPSA) is 39.1 Å². The first-order chi connectivity index (χ1) is 7.74. The van der Waals surface area contributed by atoms with Crippen LogP contribution in [-0.2, 0) is 11.3 Å². The third-order valence-corrected chi connectivity index (χ3v) is 3.25. The molecule has 0 spiro atoms. The molecule has 16 heavy (non-hydrogen) atoms. The molecule has 1 N–H and O–H groups in total. The van der Waals surface area contributed by atoms with Gasteiger partial charge in [-0.2, -0.15) is 5.10 Å². The largest absolute Gasteiger partial charge is 0.381 e. The second-order valence-corrected chi connectivity index (χ2v) is 5.34. The van der Waals surface area contributed by atoms with Gasteiger partial charge in [-0.25, -0.2) is 0 Å². The first kappa shape index (κ1) is 12.1. The van der Waals surface area contributed by atoms with Crippen molar-refractivity contribution in [2.75, 3.05) is 19.8 Å². The van der Waals surface area contributed by atoms with Crippen LogP contribution in [0.25, 0.3) is 0 Å². The van der Waals surface area contributed by atoms with Crippen LogP contribution in [0.2, 0.25) is 0 Å². The van der Waals surface area contributed by atoms with Gasteiger partial charge in [0.15, 0.2) is 0 Å². The molecule has 0 radical (unpaired) electrons. The van der Waals surface area contributed by atoms with E-state index in [0.717, 1.165) is 30.8 Å². The molecule has 1 aliphatic heterocycles. The Morgan fingerprint density at radius 1 is 1.75 bits per heavy atom. The maximum atomic E-state index is 5.35. The number of ether oxygens (including phenoxy) is 1. The van der Waals surface area contributed by atoms with Gasteiger partial charge in [0.25, 0.3) is 0 Å². The molecule has 0 aliphatic carbocycles. The van der Waals surface area contributed by atoms with Crippen molar-refractivity contribution in [3.63, 3.8) is 0 Å². The van der Waals surface area contributed by atoms with Crippen LogP contribution >= 0.6 is 15.9 Å². The number of hydrogen-bond donors (Lipinski definition) is 1. The van der Waals surface area contributed by atoms with Crippen molar-refractivity contribution < 1.29 is 4.74 Å². The fourth-order valence-corrected chi connectivity index (χ4v) is 2.22. The molecule has 1 aromatic rings. The van der Waals surface area contributed by atoms with Gasteiger partial charge in [-0.3, -0.25) is 4.68 Å². The SMILES string of the molecule is CC(Cn1cc(Br)cn1)NCC1CCOC1. The average Bonchev–Trinajstić information content (AvgIpc) is 2.87. The first-order valence-corrected chi connectivity index (χ1v) is 6.52. The van der Waals surface area contributed by atoms with E-state index < -0.39 is 0 Å². The Balaban J connectivity index is 1.69. The van der Waals surface area contributed by atoms with E-state index in [9.17, 15) is 0 Å². The summed E-state index contributed by atoms with van der Waals surface area (Å²) in [5, 5.41) is 7.77. The molecule has 0 bridgehead atoms. The highest BCUT2D eigenvalue weighted by molar-refractivity contribution is 9.10. The number of rotatable bonds is 5. The van der Waals surface area contributed by atoms with E-state index in [2.05, 4.69) is 33.3 Å². The number of nitrogens with one attached hydrogen (secondary N) is 1. The van der Waals surface area contributed by atoms with Crippen molar-refractivity contribution in [3.05, 3.63) is 16.9 Å². The van der Waals surface area contributed by atoms with Crippen LogP contribution in [0.5, 0.6) is 0 Å². The van der Waals surface area contributed by atoms with Gasteiger partial charge >= 0.3 is 0 Å². The summed E-state index contributed by atoms with van der Waals surface area (Å²) in [6.45, 7) is 5.97. The van der Waals surface area contributed by atoms with Gasteiger partial charge in [0.2, 0.25) is 0 Å². The smallest absolute Gasteiger partial charge is 0.0632 e. The second kappa shape index (κ2) is 5.80. The molecule has 4 nitrogen and oxygen atoms in total. The van der Waals surface area contributed by atoms with E-state index in [1.54, 1.807) is 0 Å². The maximum Gasteiger partial charge on any atom is 0.0632 e. The lowest BCUT2D eigenvalue weighted by Crippen LogP contribution is -2.34. The van der Waals surface area contributed by atoms with Crippen molar-refractivity contribution in [2.45, 2.75) is 25.9 Å². The standard InChI is InChI=1S/C11H18BrN3O/c1-9(6-15-7-11(12)5-14-15)13-4-10-2-3-16-8-10/h5,7,9-10,13H,2-4,6,8H2,1H3. The fourth-order valence-electron chi connectivity index (χ4n) is 1.90.